The van der Waals surface area contributed by atoms with E-state index in [0.29, 0.717) is 23.9 Å². The monoisotopic (exact) mass is 626 g/mol. The number of ketones is 1. The first-order valence-electron chi connectivity index (χ1n) is 13.7. The van der Waals surface area contributed by atoms with Crippen LogP contribution in [0.4, 0.5) is 0 Å². The van der Waals surface area contributed by atoms with Crippen LogP contribution in [0, 0.1) is 0 Å². The zero-order valence-corrected chi connectivity index (χ0v) is 25.6. The molecule has 0 aliphatic heterocycles. The van der Waals surface area contributed by atoms with Gasteiger partial charge in [0, 0.05) is 31.7 Å². The first-order chi connectivity index (χ1) is 19.2. The summed E-state index contributed by atoms with van der Waals surface area (Å²) in [6.45, 7) is 5.50. The summed E-state index contributed by atoms with van der Waals surface area (Å²) < 4.78 is 27.6. The minimum atomic E-state index is -0.836. The van der Waals surface area contributed by atoms with Crippen molar-refractivity contribution in [3.05, 3.63) is 42.5 Å². The molecule has 0 saturated carbocycles. The van der Waals surface area contributed by atoms with Crippen molar-refractivity contribution in [1.29, 1.82) is 0 Å². The molecule has 4 unspecified atom stereocenters. The van der Waals surface area contributed by atoms with Crippen LogP contribution >= 0.6 is 15.9 Å². The highest BCUT2D eigenvalue weighted by atomic mass is 79.9. The van der Waals surface area contributed by atoms with E-state index in [2.05, 4.69) is 15.9 Å². The summed E-state index contributed by atoms with van der Waals surface area (Å²) in [6, 6.07) is 9.14. The van der Waals surface area contributed by atoms with Gasteiger partial charge in [0.1, 0.15) is 29.8 Å². The summed E-state index contributed by atoms with van der Waals surface area (Å²) in [5.74, 6) is -1.13. The molecule has 0 fully saturated rings. The number of halogens is 1. The van der Waals surface area contributed by atoms with Gasteiger partial charge in [-0.1, -0.05) is 60.1 Å². The standard InChI is InChI=1S/C30H43BrO9/c1-5-7-9-14-25(38-28(33)18-23(6-2)36-4)19-29(34)39-26(15-16-37-24-12-10-8-11-13-24)20-30(35)40-27(21-31)17-22(3)32/h7-13,23,25-27H,5-6,14-21H2,1-4H3. The minimum absolute atomic E-state index is 0.0797. The Hall–Kier alpha value is -2.72. The van der Waals surface area contributed by atoms with Gasteiger partial charge in [-0.25, -0.2) is 0 Å². The molecule has 0 saturated heterocycles. The van der Waals surface area contributed by atoms with Crippen LogP contribution in [0.15, 0.2) is 42.5 Å². The highest BCUT2D eigenvalue weighted by molar-refractivity contribution is 9.09. The average Bonchev–Trinajstić information content (AvgIpc) is 2.91. The summed E-state index contributed by atoms with van der Waals surface area (Å²) in [6.07, 6.45) is 3.15. The van der Waals surface area contributed by atoms with Crippen LogP contribution < -0.4 is 4.74 Å². The number of carbonyl (C=O) groups is 4. The molecular weight excluding hydrogens is 584 g/mol. The van der Waals surface area contributed by atoms with Gasteiger partial charge in [-0.2, -0.15) is 0 Å². The Labute approximate surface area is 246 Å². The largest absolute Gasteiger partial charge is 0.493 e. The van der Waals surface area contributed by atoms with Gasteiger partial charge in [0.05, 0.1) is 32.0 Å². The van der Waals surface area contributed by atoms with Crippen molar-refractivity contribution in [2.75, 3.05) is 19.0 Å². The molecular formula is C30H43BrO9. The first-order valence-corrected chi connectivity index (χ1v) is 14.8. The topological polar surface area (TPSA) is 114 Å². The van der Waals surface area contributed by atoms with Gasteiger partial charge in [0.15, 0.2) is 0 Å². The molecule has 40 heavy (non-hydrogen) atoms. The van der Waals surface area contributed by atoms with Crippen LogP contribution in [0.3, 0.4) is 0 Å². The number of ether oxygens (including phenoxy) is 5. The molecule has 1 rings (SSSR count). The molecule has 1 aromatic rings. The number of alkyl halides is 1. The molecule has 0 aromatic heterocycles. The van der Waals surface area contributed by atoms with E-state index < -0.39 is 36.2 Å². The fourth-order valence-corrected chi connectivity index (χ4v) is 4.08. The molecule has 9 nitrogen and oxygen atoms in total. The predicted molar refractivity (Wildman–Crippen MR) is 154 cm³/mol. The van der Waals surface area contributed by atoms with E-state index in [4.69, 9.17) is 23.7 Å². The number of para-hydroxylation sites is 1. The van der Waals surface area contributed by atoms with Crippen LogP contribution in [0.2, 0.25) is 0 Å². The second-order valence-electron chi connectivity index (χ2n) is 9.34. The fraction of sp³-hybridized carbons (Fsp3) is 0.600. The van der Waals surface area contributed by atoms with E-state index in [1.54, 1.807) is 12.1 Å². The molecule has 0 N–H and O–H groups in total. The number of methoxy groups -OCH3 is 1. The van der Waals surface area contributed by atoms with Crippen LogP contribution in [-0.4, -0.2) is 67.2 Å². The minimum Gasteiger partial charge on any atom is -0.493 e. The molecule has 0 bridgehead atoms. The van der Waals surface area contributed by atoms with Gasteiger partial charge < -0.3 is 23.7 Å². The normalized spacial score (nSPS) is 14.1. The quantitative estimate of drug-likeness (QED) is 0.0753. The van der Waals surface area contributed by atoms with E-state index in [-0.39, 0.29) is 50.6 Å². The Morgan fingerprint density at radius 1 is 0.800 bits per heavy atom. The van der Waals surface area contributed by atoms with E-state index in [0.717, 1.165) is 6.42 Å². The number of hydrogen-bond donors (Lipinski definition) is 0. The molecule has 1 aromatic carbocycles. The van der Waals surface area contributed by atoms with Crippen LogP contribution in [0.5, 0.6) is 5.75 Å². The number of rotatable bonds is 21. The zero-order chi connectivity index (χ0) is 29.8. The van der Waals surface area contributed by atoms with Crippen molar-refractivity contribution in [3.63, 3.8) is 0 Å². The molecule has 0 heterocycles. The number of allylic oxidation sites excluding steroid dienone is 1. The molecule has 224 valence electrons. The van der Waals surface area contributed by atoms with Crippen LogP contribution in [0.25, 0.3) is 0 Å². The number of carbonyl (C=O) groups excluding carboxylic acids is 4. The van der Waals surface area contributed by atoms with Gasteiger partial charge in [-0.15, -0.1) is 0 Å². The Kier molecular flexibility index (Phi) is 18.6. The maximum atomic E-state index is 12.9. The number of benzene rings is 1. The molecule has 0 aliphatic rings. The lowest BCUT2D eigenvalue weighted by atomic mass is 10.1. The Balaban J connectivity index is 2.87. The number of hydrogen-bond acceptors (Lipinski definition) is 9. The molecule has 0 radical (unpaired) electrons. The van der Waals surface area contributed by atoms with Crippen molar-refractivity contribution in [3.8, 4) is 5.75 Å². The molecule has 0 spiro atoms. The maximum Gasteiger partial charge on any atom is 0.309 e. The lowest BCUT2D eigenvalue weighted by molar-refractivity contribution is -0.161. The summed E-state index contributed by atoms with van der Waals surface area (Å²) in [4.78, 5) is 49.5. The third-order valence-electron chi connectivity index (χ3n) is 5.81. The second-order valence-corrected chi connectivity index (χ2v) is 9.99. The Morgan fingerprint density at radius 3 is 1.93 bits per heavy atom. The van der Waals surface area contributed by atoms with Crippen LogP contribution in [-0.2, 0) is 38.1 Å². The molecule has 10 heteroatoms. The maximum absolute atomic E-state index is 12.9. The second kappa shape index (κ2) is 21.1. The highest BCUT2D eigenvalue weighted by Gasteiger charge is 2.26. The Bertz CT molecular complexity index is 915. The van der Waals surface area contributed by atoms with Gasteiger partial charge in [-0.05, 0) is 31.9 Å². The summed E-state index contributed by atoms with van der Waals surface area (Å²) in [7, 11) is 1.53. The van der Waals surface area contributed by atoms with Crippen molar-refractivity contribution in [2.24, 2.45) is 0 Å². The van der Waals surface area contributed by atoms with Gasteiger partial charge in [0.2, 0.25) is 0 Å². The van der Waals surface area contributed by atoms with Gasteiger partial charge in [0.25, 0.3) is 0 Å². The van der Waals surface area contributed by atoms with E-state index in [1.165, 1.54) is 14.0 Å². The van der Waals surface area contributed by atoms with Crippen molar-refractivity contribution in [1.82, 2.24) is 0 Å². The summed E-state index contributed by atoms with van der Waals surface area (Å²) in [5, 5.41) is 0.306. The number of Topliss-reactive ketones (excluding diaryl/α,β-unsaturated/α-hetero) is 1. The van der Waals surface area contributed by atoms with Crippen molar-refractivity contribution >= 4 is 39.6 Å². The fourth-order valence-electron chi connectivity index (χ4n) is 3.72. The molecule has 0 aliphatic carbocycles. The lowest BCUT2D eigenvalue weighted by Crippen LogP contribution is -2.30. The SMILES string of the molecule is CCC=CCC(CC(=O)OC(CCOc1ccccc1)CC(=O)OC(CBr)CC(C)=O)OC(=O)CC(CC)OC. The summed E-state index contributed by atoms with van der Waals surface area (Å²) in [5.41, 5.74) is 0. The van der Waals surface area contributed by atoms with Crippen LogP contribution in [0.1, 0.15) is 72.1 Å². The van der Waals surface area contributed by atoms with E-state index >= 15 is 0 Å². The highest BCUT2D eigenvalue weighted by Crippen LogP contribution is 2.16. The summed E-state index contributed by atoms with van der Waals surface area (Å²) >= 11 is 3.25. The lowest BCUT2D eigenvalue weighted by Gasteiger charge is -2.22. The molecule has 0 amide bonds. The third kappa shape index (κ3) is 16.4. The van der Waals surface area contributed by atoms with E-state index in [1.807, 2.05) is 44.2 Å². The van der Waals surface area contributed by atoms with Gasteiger partial charge in [-0.3, -0.25) is 19.2 Å². The number of esters is 3. The van der Waals surface area contributed by atoms with Gasteiger partial charge >= 0.3 is 17.9 Å². The van der Waals surface area contributed by atoms with Crippen molar-refractivity contribution in [2.45, 2.75) is 96.6 Å². The van der Waals surface area contributed by atoms with Crippen molar-refractivity contribution < 1.29 is 42.9 Å². The smallest absolute Gasteiger partial charge is 0.309 e. The predicted octanol–water partition coefficient (Wildman–Crippen LogP) is 5.52. The Morgan fingerprint density at radius 2 is 1.38 bits per heavy atom. The van der Waals surface area contributed by atoms with E-state index in [9.17, 15) is 19.2 Å². The molecule has 4 atom stereocenters. The average molecular weight is 628 g/mol. The zero-order valence-electron chi connectivity index (χ0n) is 24.0. The third-order valence-corrected chi connectivity index (χ3v) is 6.53. The first kappa shape index (κ1) is 35.3.